The van der Waals surface area contributed by atoms with Crippen molar-refractivity contribution in [3.63, 3.8) is 0 Å². The lowest BCUT2D eigenvalue weighted by Gasteiger charge is -2.31. The first-order valence-corrected chi connectivity index (χ1v) is 4.60. The smallest absolute Gasteiger partial charge is 0.182 e. The Labute approximate surface area is 78.7 Å². The fraction of sp³-hybridized carbons (Fsp3) is 0.800. The maximum absolute atomic E-state index is 5.50. The Balaban J connectivity index is 2.26. The van der Waals surface area contributed by atoms with E-state index in [1.807, 2.05) is 0 Å². The Bertz CT molecular complexity index is 220. The maximum Gasteiger partial charge on any atom is 0.182 e. The van der Waals surface area contributed by atoms with Crippen molar-refractivity contribution >= 4 is 0 Å². The fourth-order valence-electron chi connectivity index (χ4n) is 2.69. The topological polar surface area (TPSA) is 27.7 Å². The molecular formula is C10H16O3. The van der Waals surface area contributed by atoms with Crippen LogP contribution in [-0.2, 0) is 14.2 Å². The van der Waals surface area contributed by atoms with E-state index in [4.69, 9.17) is 14.2 Å². The summed E-state index contributed by atoms with van der Waals surface area (Å²) in [7, 11) is 5.15. The van der Waals surface area contributed by atoms with E-state index < -0.39 is 5.79 Å². The molecule has 2 rings (SSSR count). The van der Waals surface area contributed by atoms with E-state index in [1.54, 1.807) is 21.3 Å². The normalized spacial score (nSPS) is 40.1. The second-order valence-corrected chi connectivity index (χ2v) is 3.66. The molecule has 13 heavy (non-hydrogen) atoms. The first-order valence-electron chi connectivity index (χ1n) is 4.60. The molecule has 0 saturated heterocycles. The van der Waals surface area contributed by atoms with Crippen molar-refractivity contribution in [2.45, 2.75) is 18.3 Å². The quantitative estimate of drug-likeness (QED) is 0.487. The summed E-state index contributed by atoms with van der Waals surface area (Å²) < 4.78 is 16.4. The summed E-state index contributed by atoms with van der Waals surface area (Å²) in [5, 5.41) is 0. The summed E-state index contributed by atoms with van der Waals surface area (Å²) in [5.41, 5.74) is 0. The largest absolute Gasteiger partial charge is 0.381 e. The van der Waals surface area contributed by atoms with Crippen molar-refractivity contribution in [1.82, 2.24) is 0 Å². The Morgan fingerprint density at radius 1 is 1.15 bits per heavy atom. The second-order valence-electron chi connectivity index (χ2n) is 3.66. The van der Waals surface area contributed by atoms with Crippen molar-refractivity contribution in [2.75, 3.05) is 21.3 Å². The van der Waals surface area contributed by atoms with E-state index in [0.717, 1.165) is 6.42 Å². The van der Waals surface area contributed by atoms with Crippen LogP contribution < -0.4 is 0 Å². The molecule has 0 aromatic rings. The SMILES string of the molecule is CO[C@H]1C[C@H]2C=C[C@@H]1C2(OC)OC. The standard InChI is InChI=1S/C10H16O3/c1-11-9-6-7-4-5-8(9)10(7,12-2)13-3/h4-5,7-9H,6H2,1-3H3/t7-,8+,9+/m1/s1. The summed E-state index contributed by atoms with van der Waals surface area (Å²) in [6, 6.07) is 0. The van der Waals surface area contributed by atoms with Crippen LogP contribution >= 0.6 is 0 Å². The Hall–Kier alpha value is -0.380. The van der Waals surface area contributed by atoms with Gasteiger partial charge in [-0.05, 0) is 6.42 Å². The van der Waals surface area contributed by atoms with Gasteiger partial charge in [-0.1, -0.05) is 12.2 Å². The summed E-state index contributed by atoms with van der Waals surface area (Å²) >= 11 is 0. The number of fused-ring (bicyclic) bond motifs is 2. The highest BCUT2D eigenvalue weighted by molar-refractivity contribution is 5.20. The molecule has 0 unspecified atom stereocenters. The van der Waals surface area contributed by atoms with Crippen LogP contribution in [0.4, 0.5) is 0 Å². The van der Waals surface area contributed by atoms with Gasteiger partial charge < -0.3 is 14.2 Å². The molecule has 0 spiro atoms. The van der Waals surface area contributed by atoms with Gasteiger partial charge in [0.05, 0.1) is 12.0 Å². The molecule has 0 amide bonds. The summed E-state index contributed by atoms with van der Waals surface area (Å²) in [5.74, 6) is 0.135. The average molecular weight is 184 g/mol. The minimum Gasteiger partial charge on any atom is -0.381 e. The summed E-state index contributed by atoms with van der Waals surface area (Å²) in [4.78, 5) is 0. The minimum absolute atomic E-state index is 0.245. The molecular weight excluding hydrogens is 168 g/mol. The maximum atomic E-state index is 5.50. The van der Waals surface area contributed by atoms with Crippen LogP contribution in [0.25, 0.3) is 0 Å². The number of methoxy groups -OCH3 is 3. The van der Waals surface area contributed by atoms with Gasteiger partial charge in [-0.2, -0.15) is 0 Å². The third kappa shape index (κ3) is 1.01. The molecule has 0 aromatic carbocycles. The van der Waals surface area contributed by atoms with Crippen molar-refractivity contribution in [1.29, 1.82) is 0 Å². The van der Waals surface area contributed by atoms with Gasteiger partial charge in [0.1, 0.15) is 0 Å². The Morgan fingerprint density at radius 3 is 2.23 bits per heavy atom. The third-order valence-electron chi connectivity index (χ3n) is 3.36. The van der Waals surface area contributed by atoms with Crippen LogP contribution in [0.1, 0.15) is 6.42 Å². The van der Waals surface area contributed by atoms with Gasteiger partial charge in [0, 0.05) is 27.2 Å². The molecule has 2 aliphatic rings. The zero-order valence-corrected chi connectivity index (χ0v) is 8.32. The van der Waals surface area contributed by atoms with Crippen molar-refractivity contribution in [3.05, 3.63) is 12.2 Å². The van der Waals surface area contributed by atoms with Crippen molar-refractivity contribution < 1.29 is 14.2 Å². The highest BCUT2D eigenvalue weighted by Gasteiger charge is 2.58. The molecule has 0 heterocycles. The molecule has 0 aromatic heterocycles. The van der Waals surface area contributed by atoms with Gasteiger partial charge in [0.2, 0.25) is 0 Å². The molecule has 2 aliphatic carbocycles. The van der Waals surface area contributed by atoms with E-state index in [2.05, 4.69) is 12.2 Å². The van der Waals surface area contributed by atoms with Crippen LogP contribution in [0, 0.1) is 11.8 Å². The molecule has 0 N–H and O–H groups in total. The van der Waals surface area contributed by atoms with Gasteiger partial charge in [-0.25, -0.2) is 0 Å². The fourth-order valence-corrected chi connectivity index (χ4v) is 2.69. The second kappa shape index (κ2) is 3.08. The lowest BCUT2D eigenvalue weighted by molar-refractivity contribution is -0.235. The zero-order valence-electron chi connectivity index (χ0n) is 8.32. The monoisotopic (exact) mass is 184 g/mol. The Morgan fingerprint density at radius 2 is 1.85 bits per heavy atom. The average Bonchev–Trinajstić information content (AvgIpc) is 2.69. The highest BCUT2D eigenvalue weighted by atomic mass is 16.7. The van der Waals surface area contributed by atoms with Crippen LogP contribution in [0.5, 0.6) is 0 Å². The minimum atomic E-state index is -0.458. The Kier molecular flexibility index (Phi) is 2.18. The van der Waals surface area contributed by atoms with E-state index in [0.29, 0.717) is 5.92 Å². The van der Waals surface area contributed by atoms with Crippen LogP contribution in [0.2, 0.25) is 0 Å². The molecule has 1 saturated carbocycles. The van der Waals surface area contributed by atoms with Gasteiger partial charge in [-0.15, -0.1) is 0 Å². The van der Waals surface area contributed by atoms with E-state index in [9.17, 15) is 0 Å². The first kappa shape index (κ1) is 9.19. The molecule has 0 radical (unpaired) electrons. The number of hydrogen-bond acceptors (Lipinski definition) is 3. The summed E-state index contributed by atoms with van der Waals surface area (Å²) in [6.45, 7) is 0. The molecule has 74 valence electrons. The van der Waals surface area contributed by atoms with E-state index >= 15 is 0 Å². The summed E-state index contributed by atoms with van der Waals surface area (Å²) in [6.07, 6.45) is 5.57. The van der Waals surface area contributed by atoms with Crippen molar-refractivity contribution in [3.8, 4) is 0 Å². The third-order valence-corrected chi connectivity index (χ3v) is 3.36. The molecule has 3 heteroatoms. The predicted octanol–water partition coefficient (Wildman–Crippen LogP) is 1.20. The predicted molar refractivity (Wildman–Crippen MR) is 48.3 cm³/mol. The molecule has 0 aliphatic heterocycles. The lowest BCUT2D eigenvalue weighted by atomic mass is 10.0. The molecule has 1 fully saturated rings. The highest BCUT2D eigenvalue weighted by Crippen LogP contribution is 2.50. The van der Waals surface area contributed by atoms with Gasteiger partial charge in [-0.3, -0.25) is 0 Å². The van der Waals surface area contributed by atoms with Gasteiger partial charge >= 0.3 is 0 Å². The molecule has 3 nitrogen and oxygen atoms in total. The number of hydrogen-bond donors (Lipinski definition) is 0. The van der Waals surface area contributed by atoms with Crippen LogP contribution in [-0.4, -0.2) is 33.2 Å². The van der Waals surface area contributed by atoms with Crippen molar-refractivity contribution in [2.24, 2.45) is 11.8 Å². The number of rotatable bonds is 3. The molecule has 3 atom stereocenters. The van der Waals surface area contributed by atoms with Crippen LogP contribution in [0.15, 0.2) is 12.2 Å². The van der Waals surface area contributed by atoms with Gasteiger partial charge in [0.15, 0.2) is 5.79 Å². The van der Waals surface area contributed by atoms with Crippen LogP contribution in [0.3, 0.4) is 0 Å². The first-order chi connectivity index (χ1) is 6.28. The van der Waals surface area contributed by atoms with E-state index in [-0.39, 0.29) is 12.0 Å². The zero-order chi connectivity index (χ0) is 9.47. The lowest BCUT2D eigenvalue weighted by Crippen LogP contribution is -2.41. The van der Waals surface area contributed by atoms with E-state index in [1.165, 1.54) is 0 Å². The number of ether oxygens (including phenoxy) is 3. The molecule has 2 bridgehead atoms. The van der Waals surface area contributed by atoms with Gasteiger partial charge in [0.25, 0.3) is 0 Å².